The first kappa shape index (κ1) is 20.9. The minimum absolute atomic E-state index is 0.0832. The third-order valence-electron chi connectivity index (χ3n) is 4.78. The maximum absolute atomic E-state index is 13.0. The highest BCUT2D eigenvalue weighted by atomic mass is 19.1. The van der Waals surface area contributed by atoms with Crippen LogP contribution in [0.25, 0.3) is 0 Å². The van der Waals surface area contributed by atoms with Gasteiger partial charge in [-0.15, -0.1) is 0 Å². The average molecular weight is 403 g/mol. The summed E-state index contributed by atoms with van der Waals surface area (Å²) in [5.41, 5.74) is 1.58. The predicted octanol–water partition coefficient (Wildman–Crippen LogP) is 2.57. The van der Waals surface area contributed by atoms with Crippen molar-refractivity contribution < 1.29 is 23.8 Å². The number of anilines is 2. The summed E-state index contributed by atoms with van der Waals surface area (Å²) in [5.74, 6) is 0.449. The first-order chi connectivity index (χ1) is 14.0. The van der Waals surface area contributed by atoms with E-state index < -0.39 is 12.2 Å². The molecule has 1 aliphatic rings. The molecule has 0 aromatic heterocycles. The van der Waals surface area contributed by atoms with Crippen LogP contribution in [0.2, 0.25) is 0 Å². The molecule has 7 nitrogen and oxygen atoms in total. The second-order valence-corrected chi connectivity index (χ2v) is 6.87. The van der Waals surface area contributed by atoms with Crippen LogP contribution in [0.15, 0.2) is 48.5 Å². The van der Waals surface area contributed by atoms with Gasteiger partial charge in [0, 0.05) is 44.1 Å². The number of aliphatic hydroxyl groups is 1. The van der Waals surface area contributed by atoms with Gasteiger partial charge in [0.1, 0.15) is 24.3 Å². The first-order valence-electron chi connectivity index (χ1n) is 9.52. The van der Waals surface area contributed by atoms with Crippen molar-refractivity contribution >= 4 is 17.5 Å². The number of piperazine rings is 1. The highest BCUT2D eigenvalue weighted by molar-refractivity contribution is 5.84. The SMILES string of the molecule is COc1ccc(NC(=O)OCC(O)CN2CCN(c3ccc(F)cc3)CC2)cc1. The molecule has 8 heteroatoms. The summed E-state index contributed by atoms with van der Waals surface area (Å²) in [4.78, 5) is 16.2. The summed E-state index contributed by atoms with van der Waals surface area (Å²) in [6.45, 7) is 3.46. The number of hydrogen-bond acceptors (Lipinski definition) is 6. The molecule has 1 heterocycles. The normalized spacial score (nSPS) is 15.6. The number of halogens is 1. The number of carbonyl (C=O) groups excluding carboxylic acids is 1. The van der Waals surface area contributed by atoms with Gasteiger partial charge in [0.15, 0.2) is 0 Å². The Morgan fingerprint density at radius 2 is 1.76 bits per heavy atom. The zero-order chi connectivity index (χ0) is 20.6. The minimum Gasteiger partial charge on any atom is -0.497 e. The number of carbonyl (C=O) groups is 1. The Bertz CT molecular complexity index is 778. The lowest BCUT2D eigenvalue weighted by Crippen LogP contribution is -2.49. The zero-order valence-electron chi connectivity index (χ0n) is 16.4. The maximum Gasteiger partial charge on any atom is 0.411 e. The van der Waals surface area contributed by atoms with E-state index in [0.717, 1.165) is 31.9 Å². The highest BCUT2D eigenvalue weighted by Gasteiger charge is 2.20. The van der Waals surface area contributed by atoms with E-state index in [9.17, 15) is 14.3 Å². The number of hydrogen-bond donors (Lipinski definition) is 2. The number of amides is 1. The van der Waals surface area contributed by atoms with Crippen LogP contribution < -0.4 is 15.0 Å². The Morgan fingerprint density at radius 3 is 2.38 bits per heavy atom. The molecule has 29 heavy (non-hydrogen) atoms. The average Bonchev–Trinajstić information content (AvgIpc) is 2.74. The summed E-state index contributed by atoms with van der Waals surface area (Å²) in [6.07, 6.45) is -1.38. The van der Waals surface area contributed by atoms with E-state index in [1.807, 2.05) is 0 Å². The van der Waals surface area contributed by atoms with Crippen molar-refractivity contribution in [2.75, 3.05) is 56.7 Å². The smallest absolute Gasteiger partial charge is 0.411 e. The van der Waals surface area contributed by atoms with Gasteiger partial charge in [0.2, 0.25) is 0 Å². The van der Waals surface area contributed by atoms with E-state index >= 15 is 0 Å². The first-order valence-corrected chi connectivity index (χ1v) is 9.52. The van der Waals surface area contributed by atoms with E-state index in [0.29, 0.717) is 18.0 Å². The molecule has 2 N–H and O–H groups in total. The minimum atomic E-state index is -0.769. The summed E-state index contributed by atoms with van der Waals surface area (Å²) in [7, 11) is 1.57. The Hall–Kier alpha value is -2.84. The number of β-amino-alcohol motifs (C(OH)–C–C–N with tert-alkyl or cyclic N) is 1. The molecule has 0 saturated carbocycles. The Morgan fingerprint density at radius 1 is 1.10 bits per heavy atom. The lowest BCUT2D eigenvalue weighted by Gasteiger charge is -2.36. The Kier molecular flexibility index (Phi) is 7.26. The maximum atomic E-state index is 13.0. The monoisotopic (exact) mass is 403 g/mol. The lowest BCUT2D eigenvalue weighted by molar-refractivity contribution is 0.0469. The van der Waals surface area contributed by atoms with Gasteiger partial charge in [-0.2, -0.15) is 0 Å². The van der Waals surface area contributed by atoms with Crippen LogP contribution in [0.5, 0.6) is 5.75 Å². The summed E-state index contributed by atoms with van der Waals surface area (Å²) < 4.78 is 23.2. The molecule has 2 aromatic carbocycles. The topological polar surface area (TPSA) is 74.3 Å². The molecule has 3 rings (SSSR count). The van der Waals surface area contributed by atoms with E-state index in [2.05, 4.69) is 15.1 Å². The van der Waals surface area contributed by atoms with Crippen LogP contribution in [0.3, 0.4) is 0 Å². The number of nitrogens with one attached hydrogen (secondary N) is 1. The predicted molar refractivity (Wildman–Crippen MR) is 109 cm³/mol. The molecular weight excluding hydrogens is 377 g/mol. The van der Waals surface area contributed by atoms with Crippen molar-refractivity contribution in [2.45, 2.75) is 6.10 Å². The van der Waals surface area contributed by atoms with Gasteiger partial charge < -0.3 is 19.5 Å². The van der Waals surface area contributed by atoms with Crippen LogP contribution in [-0.2, 0) is 4.74 Å². The number of rotatable bonds is 7. The van der Waals surface area contributed by atoms with Gasteiger partial charge in [0.05, 0.1) is 7.11 Å². The van der Waals surface area contributed by atoms with Gasteiger partial charge in [-0.25, -0.2) is 9.18 Å². The van der Waals surface area contributed by atoms with E-state index in [1.165, 1.54) is 12.1 Å². The molecule has 1 unspecified atom stereocenters. The second kappa shape index (κ2) is 10.1. The molecule has 1 fully saturated rings. The van der Waals surface area contributed by atoms with Gasteiger partial charge in [-0.1, -0.05) is 0 Å². The summed E-state index contributed by atoms with van der Waals surface area (Å²) >= 11 is 0. The van der Waals surface area contributed by atoms with Gasteiger partial charge >= 0.3 is 6.09 Å². The van der Waals surface area contributed by atoms with Crippen LogP contribution in [0, 0.1) is 5.82 Å². The molecule has 0 radical (unpaired) electrons. The van der Waals surface area contributed by atoms with Crippen LogP contribution >= 0.6 is 0 Å². The molecule has 1 saturated heterocycles. The molecule has 0 spiro atoms. The molecular formula is C21H26FN3O4. The highest BCUT2D eigenvalue weighted by Crippen LogP contribution is 2.17. The largest absolute Gasteiger partial charge is 0.497 e. The molecule has 0 bridgehead atoms. The molecule has 1 amide bonds. The molecule has 156 valence electrons. The number of nitrogens with zero attached hydrogens (tertiary/aromatic N) is 2. The fourth-order valence-electron chi connectivity index (χ4n) is 3.19. The fourth-order valence-corrected chi connectivity index (χ4v) is 3.19. The Balaban J connectivity index is 1.35. The summed E-state index contributed by atoms with van der Waals surface area (Å²) in [6, 6.07) is 13.3. The van der Waals surface area contributed by atoms with E-state index in [-0.39, 0.29) is 12.4 Å². The molecule has 1 atom stereocenters. The van der Waals surface area contributed by atoms with Crippen molar-refractivity contribution in [3.63, 3.8) is 0 Å². The molecule has 0 aliphatic carbocycles. The van der Waals surface area contributed by atoms with Crippen LogP contribution in [-0.4, -0.2) is 68.6 Å². The number of aliphatic hydroxyl groups excluding tert-OH is 1. The van der Waals surface area contributed by atoms with Crippen LogP contribution in [0.4, 0.5) is 20.6 Å². The van der Waals surface area contributed by atoms with Crippen molar-refractivity contribution in [2.24, 2.45) is 0 Å². The quantitative estimate of drug-likeness (QED) is 0.740. The third-order valence-corrected chi connectivity index (χ3v) is 4.78. The second-order valence-electron chi connectivity index (χ2n) is 6.87. The van der Waals surface area contributed by atoms with Gasteiger partial charge in [-0.3, -0.25) is 10.2 Å². The number of benzene rings is 2. The number of ether oxygens (including phenoxy) is 2. The lowest BCUT2D eigenvalue weighted by atomic mass is 10.2. The van der Waals surface area contributed by atoms with E-state index in [1.54, 1.807) is 43.5 Å². The molecule has 2 aromatic rings. The number of methoxy groups -OCH3 is 1. The van der Waals surface area contributed by atoms with Crippen molar-refractivity contribution in [3.8, 4) is 5.75 Å². The Labute approximate surface area is 169 Å². The fraction of sp³-hybridized carbons (Fsp3) is 0.381. The van der Waals surface area contributed by atoms with Gasteiger partial charge in [-0.05, 0) is 48.5 Å². The standard InChI is InChI=1S/C21H26FN3O4/c1-28-20-8-4-17(5-9-20)23-21(27)29-15-19(26)14-24-10-12-25(13-11-24)18-6-2-16(22)3-7-18/h2-9,19,26H,10-15H2,1H3,(H,23,27). The van der Waals surface area contributed by atoms with Crippen molar-refractivity contribution in [1.29, 1.82) is 0 Å². The van der Waals surface area contributed by atoms with Crippen molar-refractivity contribution in [1.82, 2.24) is 4.90 Å². The van der Waals surface area contributed by atoms with Crippen molar-refractivity contribution in [3.05, 3.63) is 54.3 Å². The third kappa shape index (κ3) is 6.33. The van der Waals surface area contributed by atoms with E-state index in [4.69, 9.17) is 9.47 Å². The van der Waals surface area contributed by atoms with Gasteiger partial charge in [0.25, 0.3) is 0 Å². The zero-order valence-corrected chi connectivity index (χ0v) is 16.4. The molecule has 1 aliphatic heterocycles. The van der Waals surface area contributed by atoms with Crippen LogP contribution in [0.1, 0.15) is 0 Å². The summed E-state index contributed by atoms with van der Waals surface area (Å²) in [5, 5.41) is 12.8.